The van der Waals surface area contributed by atoms with Gasteiger partial charge in [0.1, 0.15) is 5.52 Å². The Morgan fingerprint density at radius 2 is 2.12 bits per heavy atom. The fraction of sp³-hybridized carbons (Fsp3) is 0.462. The fourth-order valence-corrected chi connectivity index (χ4v) is 1.83. The number of oxazole rings is 1. The van der Waals surface area contributed by atoms with Gasteiger partial charge in [-0.1, -0.05) is 12.1 Å². The highest BCUT2D eigenvalue weighted by molar-refractivity contribution is 5.74. The summed E-state index contributed by atoms with van der Waals surface area (Å²) in [6, 6.07) is 9.23. The van der Waals surface area contributed by atoms with Gasteiger partial charge in [-0.05, 0) is 37.9 Å². The normalized spacial score (nSPS) is 15.3. The second-order valence-electron chi connectivity index (χ2n) is 4.50. The molecule has 0 radical (unpaired) electrons. The van der Waals surface area contributed by atoms with Crippen molar-refractivity contribution in [3.8, 4) is 0 Å². The SMILES string of the molecule is c1ccc2oc(NCCCNC3CC3)nc2c1. The summed E-state index contributed by atoms with van der Waals surface area (Å²) in [5.41, 5.74) is 1.75. The number of fused-ring (bicyclic) bond motifs is 1. The maximum absolute atomic E-state index is 5.57. The highest BCUT2D eigenvalue weighted by Gasteiger charge is 2.19. The first-order valence-corrected chi connectivity index (χ1v) is 6.25. The molecule has 1 fully saturated rings. The molecule has 4 nitrogen and oxygen atoms in total. The first-order chi connectivity index (χ1) is 8.42. The van der Waals surface area contributed by atoms with E-state index in [-0.39, 0.29) is 0 Å². The zero-order valence-corrected chi connectivity index (χ0v) is 9.78. The number of nitrogens with zero attached hydrogens (tertiary/aromatic N) is 1. The van der Waals surface area contributed by atoms with Crippen LogP contribution in [0.5, 0.6) is 0 Å². The van der Waals surface area contributed by atoms with Crippen molar-refractivity contribution in [1.82, 2.24) is 10.3 Å². The smallest absolute Gasteiger partial charge is 0.295 e. The third kappa shape index (κ3) is 2.77. The number of hydrogen-bond acceptors (Lipinski definition) is 4. The summed E-state index contributed by atoms with van der Waals surface area (Å²) >= 11 is 0. The number of hydrogen-bond donors (Lipinski definition) is 2. The lowest BCUT2D eigenvalue weighted by Crippen LogP contribution is -2.19. The average Bonchev–Trinajstić information content (AvgIpc) is 3.07. The summed E-state index contributed by atoms with van der Waals surface area (Å²) in [6.07, 6.45) is 3.78. The van der Waals surface area contributed by atoms with E-state index >= 15 is 0 Å². The molecule has 0 aliphatic heterocycles. The van der Waals surface area contributed by atoms with Crippen molar-refractivity contribution in [2.24, 2.45) is 0 Å². The number of nitrogens with one attached hydrogen (secondary N) is 2. The Morgan fingerprint density at radius 3 is 2.94 bits per heavy atom. The van der Waals surface area contributed by atoms with E-state index in [9.17, 15) is 0 Å². The third-order valence-corrected chi connectivity index (χ3v) is 2.93. The Hall–Kier alpha value is -1.55. The van der Waals surface area contributed by atoms with Crippen molar-refractivity contribution in [3.05, 3.63) is 24.3 Å². The van der Waals surface area contributed by atoms with E-state index in [4.69, 9.17) is 4.42 Å². The van der Waals surface area contributed by atoms with Crippen molar-refractivity contribution in [1.29, 1.82) is 0 Å². The zero-order valence-electron chi connectivity index (χ0n) is 9.78. The predicted molar refractivity (Wildman–Crippen MR) is 68.1 cm³/mol. The third-order valence-electron chi connectivity index (χ3n) is 2.93. The summed E-state index contributed by atoms with van der Waals surface area (Å²) in [7, 11) is 0. The first-order valence-electron chi connectivity index (χ1n) is 6.25. The molecule has 3 rings (SSSR count). The van der Waals surface area contributed by atoms with E-state index in [0.717, 1.165) is 36.7 Å². The fourth-order valence-electron chi connectivity index (χ4n) is 1.83. The second kappa shape index (κ2) is 4.75. The number of anilines is 1. The molecule has 1 aliphatic rings. The number of benzene rings is 1. The van der Waals surface area contributed by atoms with Gasteiger partial charge in [-0.2, -0.15) is 4.98 Å². The van der Waals surface area contributed by atoms with Gasteiger partial charge in [-0.25, -0.2) is 0 Å². The molecule has 0 amide bonds. The average molecular weight is 231 g/mol. The Morgan fingerprint density at radius 1 is 1.24 bits per heavy atom. The van der Waals surface area contributed by atoms with Gasteiger partial charge in [-0.3, -0.25) is 0 Å². The van der Waals surface area contributed by atoms with Crippen LogP contribution >= 0.6 is 0 Å². The topological polar surface area (TPSA) is 50.1 Å². The standard InChI is InChI=1S/C13H17N3O/c1-2-5-12-11(4-1)16-13(17-12)15-9-3-8-14-10-6-7-10/h1-2,4-5,10,14H,3,6-9H2,(H,15,16). The summed E-state index contributed by atoms with van der Waals surface area (Å²) < 4.78 is 5.57. The van der Waals surface area contributed by atoms with Gasteiger partial charge in [-0.15, -0.1) is 0 Å². The Kier molecular flexibility index (Phi) is 2.96. The van der Waals surface area contributed by atoms with E-state index in [1.54, 1.807) is 0 Å². The highest BCUT2D eigenvalue weighted by atomic mass is 16.4. The maximum atomic E-state index is 5.57. The molecule has 1 aromatic carbocycles. The highest BCUT2D eigenvalue weighted by Crippen LogP contribution is 2.19. The van der Waals surface area contributed by atoms with Crippen molar-refractivity contribution in [2.45, 2.75) is 25.3 Å². The lowest BCUT2D eigenvalue weighted by molar-refractivity contribution is 0.604. The lowest BCUT2D eigenvalue weighted by atomic mass is 10.3. The van der Waals surface area contributed by atoms with Crippen LogP contribution in [0.1, 0.15) is 19.3 Å². The molecule has 0 bridgehead atoms. The van der Waals surface area contributed by atoms with E-state index in [1.165, 1.54) is 12.8 Å². The molecule has 1 aromatic heterocycles. The Labute approximate surface area is 100 Å². The van der Waals surface area contributed by atoms with Crippen molar-refractivity contribution < 1.29 is 4.42 Å². The van der Waals surface area contributed by atoms with E-state index in [0.29, 0.717) is 6.01 Å². The minimum atomic E-state index is 0.623. The summed E-state index contributed by atoms with van der Waals surface area (Å²) in [6.45, 7) is 1.96. The molecular formula is C13H17N3O. The van der Waals surface area contributed by atoms with Gasteiger partial charge in [0.05, 0.1) is 0 Å². The molecule has 0 saturated heterocycles. The van der Waals surface area contributed by atoms with Gasteiger partial charge < -0.3 is 15.1 Å². The van der Waals surface area contributed by atoms with Gasteiger partial charge in [0.15, 0.2) is 5.58 Å². The molecule has 2 aromatic rings. The molecule has 90 valence electrons. The van der Waals surface area contributed by atoms with Gasteiger partial charge >= 0.3 is 0 Å². The molecule has 1 saturated carbocycles. The number of aromatic nitrogens is 1. The summed E-state index contributed by atoms with van der Waals surface area (Å²) in [5.74, 6) is 0. The monoisotopic (exact) mass is 231 g/mol. The molecule has 1 aliphatic carbocycles. The van der Waals surface area contributed by atoms with Gasteiger partial charge in [0.25, 0.3) is 6.01 Å². The Balaban J connectivity index is 1.46. The van der Waals surface area contributed by atoms with Crippen molar-refractivity contribution in [2.75, 3.05) is 18.4 Å². The summed E-state index contributed by atoms with van der Waals surface area (Å²) in [4.78, 5) is 4.36. The quantitative estimate of drug-likeness (QED) is 0.749. The van der Waals surface area contributed by atoms with E-state index in [2.05, 4.69) is 15.6 Å². The molecular weight excluding hydrogens is 214 g/mol. The van der Waals surface area contributed by atoms with Crippen LogP contribution in [0.15, 0.2) is 28.7 Å². The largest absolute Gasteiger partial charge is 0.424 e. The first kappa shape index (κ1) is 10.6. The minimum absolute atomic E-state index is 0.623. The van der Waals surface area contributed by atoms with Gasteiger partial charge in [0, 0.05) is 12.6 Å². The zero-order chi connectivity index (χ0) is 11.5. The predicted octanol–water partition coefficient (Wildman–Crippen LogP) is 2.38. The molecule has 1 heterocycles. The maximum Gasteiger partial charge on any atom is 0.295 e. The second-order valence-corrected chi connectivity index (χ2v) is 4.50. The van der Waals surface area contributed by atoms with Crippen molar-refractivity contribution >= 4 is 17.1 Å². The van der Waals surface area contributed by atoms with Crippen LogP contribution in [0.25, 0.3) is 11.1 Å². The molecule has 17 heavy (non-hydrogen) atoms. The lowest BCUT2D eigenvalue weighted by Gasteiger charge is -2.02. The molecule has 0 atom stereocenters. The van der Waals surface area contributed by atoms with Gasteiger partial charge in [0.2, 0.25) is 0 Å². The van der Waals surface area contributed by atoms with Crippen LogP contribution in [0.2, 0.25) is 0 Å². The number of para-hydroxylation sites is 2. The van der Waals surface area contributed by atoms with Crippen LogP contribution in [-0.4, -0.2) is 24.1 Å². The minimum Gasteiger partial charge on any atom is -0.424 e. The van der Waals surface area contributed by atoms with E-state index in [1.807, 2.05) is 24.3 Å². The number of rotatable bonds is 6. The van der Waals surface area contributed by atoms with Crippen LogP contribution in [0.3, 0.4) is 0 Å². The van der Waals surface area contributed by atoms with E-state index < -0.39 is 0 Å². The van der Waals surface area contributed by atoms with Crippen LogP contribution in [-0.2, 0) is 0 Å². The van der Waals surface area contributed by atoms with Crippen LogP contribution < -0.4 is 10.6 Å². The molecule has 0 unspecified atom stereocenters. The molecule has 2 N–H and O–H groups in total. The molecule has 4 heteroatoms. The summed E-state index contributed by atoms with van der Waals surface area (Å²) in [5, 5.41) is 6.69. The van der Waals surface area contributed by atoms with Crippen LogP contribution in [0.4, 0.5) is 6.01 Å². The molecule has 0 spiro atoms. The van der Waals surface area contributed by atoms with Crippen molar-refractivity contribution in [3.63, 3.8) is 0 Å². The van der Waals surface area contributed by atoms with Crippen LogP contribution in [0, 0.1) is 0 Å². The Bertz CT molecular complexity index is 457.